The molecular formula is C30H35N7O4. The molecule has 3 heterocycles. The van der Waals surface area contributed by atoms with E-state index in [1.807, 2.05) is 25.7 Å². The number of alkyl carbamates (subject to hydrolysis) is 1. The van der Waals surface area contributed by atoms with Gasteiger partial charge in [-0.2, -0.15) is 10.2 Å². The number of imidazole rings is 1. The molecule has 1 atom stereocenters. The van der Waals surface area contributed by atoms with Crippen molar-refractivity contribution in [3.05, 3.63) is 56.2 Å². The highest BCUT2D eigenvalue weighted by Crippen LogP contribution is 2.36. The minimum Gasteiger partial charge on any atom is -0.444 e. The van der Waals surface area contributed by atoms with Crippen molar-refractivity contribution in [2.45, 2.75) is 84.2 Å². The average molecular weight is 558 g/mol. The fourth-order valence-electron chi connectivity index (χ4n) is 5.28. The molecule has 11 heteroatoms. The van der Waals surface area contributed by atoms with Crippen LogP contribution in [-0.4, -0.2) is 49.5 Å². The van der Waals surface area contributed by atoms with Gasteiger partial charge in [0, 0.05) is 25.2 Å². The zero-order valence-corrected chi connectivity index (χ0v) is 23.9. The molecule has 2 aliphatic rings. The third-order valence-electron chi connectivity index (χ3n) is 7.26. The van der Waals surface area contributed by atoms with Crippen LogP contribution in [-0.2, 0) is 17.8 Å². The van der Waals surface area contributed by atoms with Crippen molar-refractivity contribution in [1.29, 1.82) is 5.26 Å². The number of nitrogens with zero attached hydrogens (tertiary/aromatic N) is 6. The highest BCUT2D eigenvalue weighted by atomic mass is 16.6. The van der Waals surface area contributed by atoms with E-state index in [9.17, 15) is 19.6 Å². The molecule has 0 radical (unpaired) electrons. The number of piperidine rings is 1. The zero-order chi connectivity index (χ0) is 29.3. The van der Waals surface area contributed by atoms with Crippen molar-refractivity contribution in [3.8, 4) is 17.9 Å². The minimum atomic E-state index is -0.606. The van der Waals surface area contributed by atoms with Gasteiger partial charge in [-0.1, -0.05) is 24.1 Å². The molecule has 1 saturated carbocycles. The van der Waals surface area contributed by atoms with Crippen LogP contribution in [0.1, 0.15) is 70.5 Å². The molecule has 1 amide bonds. The number of rotatable bonds is 6. The monoisotopic (exact) mass is 557 g/mol. The van der Waals surface area contributed by atoms with Gasteiger partial charge in [0.2, 0.25) is 5.95 Å². The second-order valence-corrected chi connectivity index (χ2v) is 11.6. The minimum absolute atomic E-state index is 0.0182. The summed E-state index contributed by atoms with van der Waals surface area (Å²) in [7, 11) is 0. The molecule has 11 nitrogen and oxygen atoms in total. The predicted octanol–water partition coefficient (Wildman–Crippen LogP) is 3.13. The second kappa shape index (κ2) is 11.2. The van der Waals surface area contributed by atoms with E-state index in [0.29, 0.717) is 41.3 Å². The number of hydrogen-bond acceptors (Lipinski definition) is 7. The maximum absolute atomic E-state index is 14.0. The lowest BCUT2D eigenvalue weighted by Gasteiger charge is -2.34. The third-order valence-corrected chi connectivity index (χ3v) is 7.26. The maximum Gasteiger partial charge on any atom is 0.407 e. The van der Waals surface area contributed by atoms with Crippen LogP contribution in [0, 0.1) is 23.2 Å². The van der Waals surface area contributed by atoms with Crippen LogP contribution >= 0.6 is 0 Å². The first-order valence-electron chi connectivity index (χ1n) is 14.0. The molecule has 1 aliphatic carbocycles. The SMILES string of the molecule is CC#CCn1c(N2CCC[C@@H](NC(=O)OC(C)(C)C)C2)nc2c1c(=O)n(Cc1ccccc1C#N)c(=O)n2C1CC1. The van der Waals surface area contributed by atoms with Crippen molar-refractivity contribution in [3.63, 3.8) is 0 Å². The van der Waals surface area contributed by atoms with E-state index in [1.54, 1.807) is 40.3 Å². The lowest BCUT2D eigenvalue weighted by atomic mass is 10.1. The molecule has 0 spiro atoms. The van der Waals surface area contributed by atoms with Crippen molar-refractivity contribution < 1.29 is 9.53 Å². The Labute approximate surface area is 238 Å². The van der Waals surface area contributed by atoms with Crippen molar-refractivity contribution in [2.75, 3.05) is 18.0 Å². The number of aromatic nitrogens is 4. The third kappa shape index (κ3) is 5.85. The Bertz CT molecular complexity index is 1700. The highest BCUT2D eigenvalue weighted by Gasteiger charge is 2.33. The second-order valence-electron chi connectivity index (χ2n) is 11.6. The Balaban J connectivity index is 1.60. The molecule has 5 rings (SSSR count). The van der Waals surface area contributed by atoms with Gasteiger partial charge in [0.15, 0.2) is 11.2 Å². The molecule has 1 aromatic carbocycles. The summed E-state index contributed by atoms with van der Waals surface area (Å²) in [6, 6.07) is 8.91. The van der Waals surface area contributed by atoms with Gasteiger partial charge >= 0.3 is 11.8 Å². The van der Waals surface area contributed by atoms with Gasteiger partial charge in [-0.05, 0) is 65.0 Å². The van der Waals surface area contributed by atoms with Gasteiger partial charge in [-0.15, -0.1) is 5.92 Å². The number of nitriles is 1. The van der Waals surface area contributed by atoms with Gasteiger partial charge in [0.1, 0.15) is 5.60 Å². The Morgan fingerprint density at radius 2 is 1.93 bits per heavy atom. The van der Waals surface area contributed by atoms with Crippen molar-refractivity contribution >= 4 is 23.2 Å². The summed E-state index contributed by atoms with van der Waals surface area (Å²) in [4.78, 5) is 47.2. The van der Waals surface area contributed by atoms with Crippen molar-refractivity contribution in [2.24, 2.45) is 0 Å². The molecule has 0 unspecified atom stereocenters. The molecular weight excluding hydrogens is 522 g/mol. The average Bonchev–Trinajstić information content (AvgIpc) is 3.68. The Morgan fingerprint density at radius 3 is 2.61 bits per heavy atom. The van der Waals surface area contributed by atoms with Crippen LogP contribution in [0.4, 0.5) is 10.7 Å². The van der Waals surface area contributed by atoms with Crippen LogP contribution in [0.3, 0.4) is 0 Å². The first-order chi connectivity index (χ1) is 19.6. The maximum atomic E-state index is 14.0. The van der Waals surface area contributed by atoms with E-state index < -0.39 is 22.9 Å². The summed E-state index contributed by atoms with van der Waals surface area (Å²) in [5.41, 5.74) is 0.173. The number of ether oxygens (including phenoxy) is 1. The first kappa shape index (κ1) is 28.0. The largest absolute Gasteiger partial charge is 0.444 e. The fraction of sp³-hybridized carbons (Fsp3) is 0.500. The molecule has 1 saturated heterocycles. The van der Waals surface area contributed by atoms with E-state index in [1.165, 1.54) is 4.57 Å². The van der Waals surface area contributed by atoms with Gasteiger partial charge < -0.3 is 15.0 Å². The highest BCUT2D eigenvalue weighted by molar-refractivity contribution is 5.75. The van der Waals surface area contributed by atoms with Crippen molar-refractivity contribution in [1.82, 2.24) is 24.0 Å². The van der Waals surface area contributed by atoms with E-state index in [4.69, 9.17) is 9.72 Å². The smallest absolute Gasteiger partial charge is 0.407 e. The molecule has 1 aliphatic heterocycles. The van der Waals surface area contributed by atoms with E-state index in [2.05, 4.69) is 23.2 Å². The Hall–Kier alpha value is -4.51. The summed E-state index contributed by atoms with van der Waals surface area (Å²) in [6.07, 6.45) is 2.75. The van der Waals surface area contributed by atoms with Crippen LogP contribution in [0.5, 0.6) is 0 Å². The number of carbonyl (C=O) groups excluding carboxylic acids is 1. The van der Waals surface area contributed by atoms with Crippen LogP contribution in [0.15, 0.2) is 33.9 Å². The van der Waals surface area contributed by atoms with Crippen LogP contribution < -0.4 is 21.5 Å². The molecule has 214 valence electrons. The summed E-state index contributed by atoms with van der Waals surface area (Å²) in [5.74, 6) is 6.51. The summed E-state index contributed by atoms with van der Waals surface area (Å²) >= 11 is 0. The number of benzene rings is 1. The lowest BCUT2D eigenvalue weighted by molar-refractivity contribution is 0.0499. The molecule has 0 bridgehead atoms. The predicted molar refractivity (Wildman–Crippen MR) is 155 cm³/mol. The first-order valence-corrected chi connectivity index (χ1v) is 14.0. The molecule has 1 N–H and O–H groups in total. The number of hydrogen-bond donors (Lipinski definition) is 1. The fourth-order valence-corrected chi connectivity index (χ4v) is 5.28. The Kier molecular flexibility index (Phi) is 7.63. The summed E-state index contributed by atoms with van der Waals surface area (Å²) in [6.45, 7) is 8.54. The zero-order valence-electron chi connectivity index (χ0n) is 23.9. The van der Waals surface area contributed by atoms with E-state index >= 15 is 0 Å². The summed E-state index contributed by atoms with van der Waals surface area (Å²) in [5, 5.41) is 12.6. The van der Waals surface area contributed by atoms with E-state index in [-0.39, 0.29) is 25.2 Å². The van der Waals surface area contributed by atoms with Crippen LogP contribution in [0.2, 0.25) is 0 Å². The number of amides is 1. The van der Waals surface area contributed by atoms with Crippen LogP contribution in [0.25, 0.3) is 11.2 Å². The van der Waals surface area contributed by atoms with Gasteiger partial charge in [-0.25, -0.2) is 9.59 Å². The molecule has 2 aromatic heterocycles. The quantitative estimate of drug-likeness (QED) is 0.461. The number of fused-ring (bicyclic) bond motifs is 1. The van der Waals surface area contributed by atoms with E-state index in [0.717, 1.165) is 25.7 Å². The van der Waals surface area contributed by atoms with Gasteiger partial charge in [0.25, 0.3) is 5.56 Å². The van der Waals surface area contributed by atoms with Gasteiger partial charge in [-0.3, -0.25) is 18.5 Å². The topological polar surface area (TPSA) is 127 Å². The number of carbonyl (C=O) groups is 1. The molecule has 41 heavy (non-hydrogen) atoms. The molecule has 2 fully saturated rings. The number of anilines is 1. The standard InChI is InChI=1S/C30H35N7O4/c1-5-6-16-35-24-25(33-27(35)34-15-9-12-22(19-34)32-28(39)41-30(2,3)4)37(23-13-14-23)29(40)36(26(24)38)18-21-11-8-7-10-20(21)17-31/h7-8,10-11,22-23H,9,12-16,18-19H2,1-4H3,(H,32,39)/t22-/m1/s1. The summed E-state index contributed by atoms with van der Waals surface area (Å²) < 4.78 is 10.1. The normalized spacial score (nSPS) is 17.0. The van der Waals surface area contributed by atoms with Gasteiger partial charge in [0.05, 0.1) is 24.7 Å². The lowest BCUT2D eigenvalue weighted by Crippen LogP contribution is -2.49. The molecule has 3 aromatic rings. The number of nitrogens with one attached hydrogen (secondary N) is 1. The Morgan fingerprint density at radius 1 is 1.17 bits per heavy atom.